The molecule has 1 aromatic carbocycles. The van der Waals surface area contributed by atoms with Crippen molar-refractivity contribution in [3.8, 4) is 0 Å². The van der Waals surface area contributed by atoms with E-state index < -0.39 is 52.3 Å². The number of Topliss-reactive ketones (excluding diaryl/α,β-unsaturated/α-hetero) is 2. The van der Waals surface area contributed by atoms with Crippen molar-refractivity contribution in [2.45, 2.75) is 37.3 Å². The summed E-state index contributed by atoms with van der Waals surface area (Å²) < 4.78 is 0. The molecule has 1 aliphatic heterocycles. The van der Waals surface area contributed by atoms with Gasteiger partial charge in [-0.15, -0.1) is 0 Å². The van der Waals surface area contributed by atoms with Crippen molar-refractivity contribution in [1.82, 2.24) is 4.90 Å². The van der Waals surface area contributed by atoms with Crippen molar-refractivity contribution in [1.29, 1.82) is 0 Å². The van der Waals surface area contributed by atoms with Crippen LogP contribution >= 0.6 is 0 Å². The number of rotatable bonds is 3. The second kappa shape index (κ2) is 7.68. The molecular weight excluding hydrogens is 438 g/mol. The van der Waals surface area contributed by atoms with Gasteiger partial charge in [-0.25, -0.2) is 0 Å². The molecule has 2 fully saturated rings. The highest BCUT2D eigenvalue weighted by molar-refractivity contribution is 6.24. The lowest BCUT2D eigenvalue weighted by atomic mass is 9.57. The van der Waals surface area contributed by atoms with E-state index in [1.165, 1.54) is 4.90 Å². The second-order valence-corrected chi connectivity index (χ2v) is 9.97. The van der Waals surface area contributed by atoms with Crippen LogP contribution in [0.5, 0.6) is 0 Å². The molecule has 0 bridgehead atoms. The molecular formula is C25H29N3O6. The second-order valence-electron chi connectivity index (χ2n) is 9.97. The summed E-state index contributed by atoms with van der Waals surface area (Å²) in [5, 5.41) is 34.0. The van der Waals surface area contributed by atoms with Crippen LogP contribution in [-0.4, -0.2) is 76.5 Å². The summed E-state index contributed by atoms with van der Waals surface area (Å²) in [6.07, 6.45) is 2.70. The third kappa shape index (κ3) is 2.89. The predicted octanol–water partition coefficient (Wildman–Crippen LogP) is 0.859. The first kappa shape index (κ1) is 22.6. The van der Waals surface area contributed by atoms with Crippen LogP contribution < -0.4 is 10.6 Å². The normalized spacial score (nSPS) is 31.1. The fourth-order valence-corrected chi connectivity index (χ4v) is 6.40. The van der Waals surface area contributed by atoms with Crippen molar-refractivity contribution in [3.05, 3.63) is 46.2 Å². The number of amides is 1. The fourth-order valence-electron chi connectivity index (χ4n) is 6.40. The zero-order valence-electron chi connectivity index (χ0n) is 19.2. The molecule has 4 aliphatic rings. The number of nitrogens with two attached hydrogens (primary N) is 1. The molecule has 1 amide bonds. The SMILES string of the molecule is CN(C)[C@@H]1C(=O)C(C(N)=O)=C(O)[C@@]2(O)C(=O)C3=C(O)c4c(cccc4N4CCCC4)CC3CC12. The number of benzene rings is 1. The zero-order valence-corrected chi connectivity index (χ0v) is 19.2. The summed E-state index contributed by atoms with van der Waals surface area (Å²) in [5.74, 6) is -5.49. The maximum atomic E-state index is 13.9. The first-order valence-electron chi connectivity index (χ1n) is 11.6. The third-order valence-corrected chi connectivity index (χ3v) is 7.90. The molecule has 0 spiro atoms. The molecule has 2 unspecified atom stereocenters. The number of primary amides is 1. The van der Waals surface area contributed by atoms with Gasteiger partial charge in [0.2, 0.25) is 5.78 Å². The number of carbonyl (C=O) groups excluding carboxylic acids is 3. The van der Waals surface area contributed by atoms with Crippen LogP contribution in [0.4, 0.5) is 5.69 Å². The van der Waals surface area contributed by atoms with Crippen LogP contribution in [0.3, 0.4) is 0 Å². The number of aliphatic hydroxyl groups is 3. The van der Waals surface area contributed by atoms with E-state index in [9.17, 15) is 29.7 Å². The van der Waals surface area contributed by atoms with Gasteiger partial charge in [0.05, 0.1) is 6.04 Å². The van der Waals surface area contributed by atoms with E-state index in [1.54, 1.807) is 14.1 Å². The van der Waals surface area contributed by atoms with Crippen LogP contribution in [0.25, 0.3) is 5.76 Å². The fraction of sp³-hybridized carbons (Fsp3) is 0.480. The number of anilines is 1. The van der Waals surface area contributed by atoms with Crippen molar-refractivity contribution >= 4 is 28.9 Å². The maximum absolute atomic E-state index is 13.9. The standard InChI is InChI=1S/C25H29N3O6/c1-27(2)19-14-11-13-10-12-6-5-7-15(28-8-3-4-9-28)16(12)20(29)17(13)22(31)25(14,34)23(32)18(21(19)30)24(26)33/h5-7,13-14,19,29,32,34H,3-4,8-11H2,1-2H3,(H2,26,33)/t13?,14?,19-,25-/m0/s1. The van der Waals surface area contributed by atoms with Gasteiger partial charge in [-0.2, -0.15) is 0 Å². The summed E-state index contributed by atoms with van der Waals surface area (Å²) >= 11 is 0. The molecule has 1 saturated heterocycles. The molecule has 9 heteroatoms. The van der Waals surface area contributed by atoms with Gasteiger partial charge in [0, 0.05) is 35.8 Å². The van der Waals surface area contributed by atoms with E-state index in [2.05, 4.69) is 4.90 Å². The summed E-state index contributed by atoms with van der Waals surface area (Å²) in [5.41, 5.74) is 4.40. The third-order valence-electron chi connectivity index (χ3n) is 7.90. The Morgan fingerprint density at radius 2 is 1.85 bits per heavy atom. The molecule has 4 atom stereocenters. The number of likely N-dealkylation sites (N-methyl/N-ethyl adjacent to an activating group) is 1. The van der Waals surface area contributed by atoms with Crippen molar-refractivity contribution in [2.24, 2.45) is 17.6 Å². The number of carbonyl (C=O) groups is 3. The van der Waals surface area contributed by atoms with E-state index in [0.717, 1.165) is 37.2 Å². The smallest absolute Gasteiger partial charge is 0.255 e. The Morgan fingerprint density at radius 1 is 1.18 bits per heavy atom. The van der Waals surface area contributed by atoms with Crippen LogP contribution in [0.2, 0.25) is 0 Å². The molecule has 1 aromatic rings. The molecule has 1 heterocycles. The number of fused-ring (bicyclic) bond motifs is 3. The molecule has 5 rings (SSSR count). The molecule has 3 aliphatic carbocycles. The monoisotopic (exact) mass is 467 g/mol. The Kier molecular flexibility index (Phi) is 5.11. The van der Waals surface area contributed by atoms with Crippen molar-refractivity contribution in [2.75, 3.05) is 32.1 Å². The van der Waals surface area contributed by atoms with Gasteiger partial charge >= 0.3 is 0 Å². The van der Waals surface area contributed by atoms with Gasteiger partial charge in [-0.3, -0.25) is 19.3 Å². The van der Waals surface area contributed by atoms with Crippen molar-refractivity contribution < 1.29 is 29.7 Å². The van der Waals surface area contributed by atoms with Crippen LogP contribution in [0.15, 0.2) is 35.1 Å². The van der Waals surface area contributed by atoms with Crippen LogP contribution in [-0.2, 0) is 20.8 Å². The minimum atomic E-state index is -2.53. The Morgan fingerprint density at radius 3 is 2.47 bits per heavy atom. The van der Waals surface area contributed by atoms with Gasteiger partial charge in [-0.1, -0.05) is 12.1 Å². The number of hydrogen-bond donors (Lipinski definition) is 4. The number of nitrogens with zero attached hydrogens (tertiary/aromatic N) is 2. The Hall–Kier alpha value is -3.17. The molecule has 34 heavy (non-hydrogen) atoms. The van der Waals surface area contributed by atoms with Crippen LogP contribution in [0.1, 0.15) is 30.4 Å². The van der Waals surface area contributed by atoms with E-state index in [1.807, 2.05) is 18.2 Å². The Balaban J connectivity index is 1.71. The van der Waals surface area contributed by atoms with E-state index >= 15 is 0 Å². The largest absolute Gasteiger partial charge is 0.508 e. The minimum absolute atomic E-state index is 0.0279. The van der Waals surface area contributed by atoms with Gasteiger partial charge in [0.25, 0.3) is 5.91 Å². The lowest BCUT2D eigenvalue weighted by Gasteiger charge is -2.50. The minimum Gasteiger partial charge on any atom is -0.508 e. The lowest BCUT2D eigenvalue weighted by molar-refractivity contribution is -0.153. The number of ketones is 2. The molecule has 1 saturated carbocycles. The van der Waals surface area contributed by atoms with Gasteiger partial charge < -0.3 is 26.0 Å². The molecule has 180 valence electrons. The maximum Gasteiger partial charge on any atom is 0.255 e. The van der Waals surface area contributed by atoms with Gasteiger partial charge in [0.15, 0.2) is 11.4 Å². The number of hydrogen-bond acceptors (Lipinski definition) is 8. The predicted molar refractivity (Wildman–Crippen MR) is 124 cm³/mol. The quantitative estimate of drug-likeness (QED) is 0.479. The molecule has 0 aromatic heterocycles. The first-order chi connectivity index (χ1) is 16.1. The Labute approximate surface area is 197 Å². The van der Waals surface area contributed by atoms with E-state index in [0.29, 0.717) is 12.0 Å². The topological polar surface area (TPSA) is 144 Å². The highest BCUT2D eigenvalue weighted by Gasteiger charge is 2.64. The summed E-state index contributed by atoms with van der Waals surface area (Å²) in [6, 6.07) is 4.74. The van der Waals surface area contributed by atoms with E-state index in [-0.39, 0.29) is 17.8 Å². The summed E-state index contributed by atoms with van der Waals surface area (Å²) in [7, 11) is 3.21. The van der Waals surface area contributed by atoms with Gasteiger partial charge in [0.1, 0.15) is 17.1 Å². The summed E-state index contributed by atoms with van der Waals surface area (Å²) in [6.45, 7) is 1.70. The highest BCUT2D eigenvalue weighted by Crippen LogP contribution is 2.52. The average molecular weight is 468 g/mol. The molecule has 9 nitrogen and oxygen atoms in total. The lowest BCUT2D eigenvalue weighted by Crippen LogP contribution is -2.65. The Bertz CT molecular complexity index is 1180. The van der Waals surface area contributed by atoms with Gasteiger partial charge in [-0.05, 0) is 57.3 Å². The zero-order chi connectivity index (χ0) is 24.5. The summed E-state index contributed by atoms with van der Waals surface area (Å²) in [4.78, 5) is 42.7. The molecule has 0 radical (unpaired) electrons. The first-order valence-corrected chi connectivity index (χ1v) is 11.6. The van der Waals surface area contributed by atoms with E-state index in [4.69, 9.17) is 5.73 Å². The van der Waals surface area contributed by atoms with Crippen LogP contribution in [0, 0.1) is 11.8 Å². The number of aliphatic hydroxyl groups excluding tert-OH is 2. The highest BCUT2D eigenvalue weighted by atomic mass is 16.3. The van der Waals surface area contributed by atoms with Crippen molar-refractivity contribution in [3.63, 3.8) is 0 Å². The average Bonchev–Trinajstić information content (AvgIpc) is 3.30. The molecule has 5 N–H and O–H groups in total.